The van der Waals surface area contributed by atoms with Gasteiger partial charge in [0.15, 0.2) is 11.6 Å². The zero-order chi connectivity index (χ0) is 32.2. The van der Waals surface area contributed by atoms with Crippen molar-refractivity contribution < 1.29 is 24.1 Å². The summed E-state index contributed by atoms with van der Waals surface area (Å²) < 4.78 is 18.6. The van der Waals surface area contributed by atoms with E-state index in [2.05, 4.69) is 41.7 Å². The number of hydrogen-bond donors (Lipinski definition) is 3. The van der Waals surface area contributed by atoms with E-state index >= 15 is 0 Å². The SMILES string of the molecule is [N-]=[N+]=NCc1ccccc1C[C@]1(C(=O)NNCCN2CCOCC2)N=C(c2ccc(OCCCO)cc2)O[C@H]1c1ccccc1Br. The molecule has 1 saturated heterocycles. The summed E-state index contributed by atoms with van der Waals surface area (Å²) in [5, 5.41) is 12.9. The van der Waals surface area contributed by atoms with Crippen molar-refractivity contribution >= 4 is 27.7 Å². The van der Waals surface area contributed by atoms with Gasteiger partial charge >= 0.3 is 0 Å². The Morgan fingerprint density at radius 1 is 1.11 bits per heavy atom. The molecule has 0 aliphatic carbocycles. The van der Waals surface area contributed by atoms with Crippen molar-refractivity contribution in [2.75, 3.05) is 52.6 Å². The number of amides is 1. The van der Waals surface area contributed by atoms with Gasteiger partial charge in [-0.25, -0.2) is 10.4 Å². The number of ether oxygens (including phenoxy) is 3. The Hall–Kier alpha value is -3.97. The van der Waals surface area contributed by atoms with Crippen LogP contribution in [0, 0.1) is 0 Å². The number of hydrazine groups is 1. The lowest BCUT2D eigenvalue weighted by molar-refractivity contribution is -0.130. The Morgan fingerprint density at radius 2 is 1.85 bits per heavy atom. The van der Waals surface area contributed by atoms with Crippen LogP contribution in [0.1, 0.15) is 34.8 Å². The fourth-order valence-corrected chi connectivity index (χ4v) is 6.01. The normalized spacial score (nSPS) is 19.5. The number of rotatable bonds is 15. The van der Waals surface area contributed by atoms with Crippen molar-refractivity contribution in [1.29, 1.82) is 0 Å². The van der Waals surface area contributed by atoms with Crippen LogP contribution in [-0.4, -0.2) is 80.0 Å². The lowest BCUT2D eigenvalue weighted by Gasteiger charge is -2.32. The van der Waals surface area contributed by atoms with Crippen molar-refractivity contribution in [3.05, 3.63) is 110 Å². The monoisotopic (exact) mass is 691 g/mol. The van der Waals surface area contributed by atoms with E-state index in [-0.39, 0.29) is 25.5 Å². The van der Waals surface area contributed by atoms with Gasteiger partial charge in [-0.15, -0.1) is 0 Å². The number of aliphatic imine (C=N–C) groups is 1. The molecular formula is C33H38BrN7O5. The molecule has 3 aromatic rings. The van der Waals surface area contributed by atoms with E-state index in [1.807, 2.05) is 72.8 Å². The predicted molar refractivity (Wildman–Crippen MR) is 177 cm³/mol. The largest absolute Gasteiger partial charge is 0.494 e. The van der Waals surface area contributed by atoms with Gasteiger partial charge in [0.25, 0.3) is 5.91 Å². The van der Waals surface area contributed by atoms with Gasteiger partial charge in [-0.2, -0.15) is 0 Å². The highest BCUT2D eigenvalue weighted by Crippen LogP contribution is 2.45. The summed E-state index contributed by atoms with van der Waals surface area (Å²) in [4.78, 5) is 24.8. The third-order valence-corrected chi connectivity index (χ3v) is 8.68. The van der Waals surface area contributed by atoms with Crippen molar-refractivity contribution in [2.45, 2.75) is 31.0 Å². The lowest BCUT2D eigenvalue weighted by atomic mass is 9.81. The number of nitrogens with one attached hydrogen (secondary N) is 2. The molecule has 12 nitrogen and oxygen atoms in total. The minimum atomic E-state index is -1.44. The first kappa shape index (κ1) is 33.4. The van der Waals surface area contributed by atoms with E-state index < -0.39 is 11.6 Å². The average Bonchev–Trinajstić information content (AvgIpc) is 3.47. The number of carbonyl (C=O) groups is 1. The van der Waals surface area contributed by atoms with E-state index in [9.17, 15) is 4.79 Å². The fraction of sp³-hybridized carbons (Fsp3) is 0.394. The average molecular weight is 693 g/mol. The maximum Gasteiger partial charge on any atom is 0.266 e. The molecule has 0 saturated carbocycles. The fourth-order valence-electron chi connectivity index (χ4n) is 5.52. The molecule has 13 heteroatoms. The molecule has 1 fully saturated rings. The van der Waals surface area contributed by atoms with E-state index in [4.69, 9.17) is 29.8 Å². The molecule has 1 amide bonds. The molecule has 3 N–H and O–H groups in total. The van der Waals surface area contributed by atoms with Gasteiger partial charge in [-0.3, -0.25) is 15.1 Å². The van der Waals surface area contributed by atoms with Gasteiger partial charge in [0.1, 0.15) is 5.75 Å². The first-order valence-corrected chi connectivity index (χ1v) is 16.1. The minimum absolute atomic E-state index is 0.0530. The van der Waals surface area contributed by atoms with Gasteiger partial charge in [0.2, 0.25) is 5.90 Å². The molecule has 242 valence electrons. The van der Waals surface area contributed by atoms with E-state index in [1.165, 1.54) is 0 Å². The number of aliphatic hydroxyl groups is 1. The summed E-state index contributed by atoms with van der Waals surface area (Å²) in [6, 6.07) is 22.5. The molecule has 46 heavy (non-hydrogen) atoms. The van der Waals surface area contributed by atoms with Crippen LogP contribution in [-0.2, 0) is 27.2 Å². The Labute approximate surface area is 276 Å². The van der Waals surface area contributed by atoms with Gasteiger partial charge < -0.3 is 19.3 Å². The zero-order valence-corrected chi connectivity index (χ0v) is 27.1. The van der Waals surface area contributed by atoms with Crippen molar-refractivity contribution in [1.82, 2.24) is 15.8 Å². The highest BCUT2D eigenvalue weighted by atomic mass is 79.9. The molecule has 0 aromatic heterocycles. The standard InChI is InChI=1S/C33H38BrN7O5/c34-29-9-4-3-8-28(29)30-33(22-25-6-1-2-7-26(25)23-37-40-35,32(43)39-36-14-15-41-16-20-44-21-17-41)38-31(46-30)24-10-12-27(13-11-24)45-19-5-18-42/h1-4,6-13,30,36,42H,5,14-23H2,(H,39,43)/t30-,33-/m0/s1. The van der Waals surface area contributed by atoms with Crippen LogP contribution in [0.15, 0.2) is 87.4 Å². The first-order chi connectivity index (χ1) is 22.5. The topological polar surface area (TPSA) is 153 Å². The van der Waals surface area contributed by atoms with Gasteiger partial charge in [0, 0.05) is 66.1 Å². The molecule has 2 aliphatic rings. The third kappa shape index (κ3) is 8.24. The first-order valence-electron chi connectivity index (χ1n) is 15.3. The second kappa shape index (κ2) is 16.5. The number of morpholine rings is 1. The van der Waals surface area contributed by atoms with Gasteiger partial charge in [-0.1, -0.05) is 63.5 Å². The second-order valence-electron chi connectivity index (χ2n) is 11.0. The zero-order valence-electron chi connectivity index (χ0n) is 25.5. The Morgan fingerprint density at radius 3 is 2.59 bits per heavy atom. The second-order valence-corrected chi connectivity index (χ2v) is 11.8. The quantitative estimate of drug-likeness (QED) is 0.0699. The molecular weight excluding hydrogens is 654 g/mol. The summed E-state index contributed by atoms with van der Waals surface area (Å²) in [7, 11) is 0. The highest BCUT2D eigenvalue weighted by Gasteiger charge is 2.54. The van der Waals surface area contributed by atoms with Crippen LogP contribution < -0.4 is 15.6 Å². The Bertz CT molecular complexity index is 1540. The molecule has 0 bridgehead atoms. The summed E-state index contributed by atoms with van der Waals surface area (Å²) >= 11 is 3.68. The number of halogens is 1. The van der Waals surface area contributed by atoms with Crippen LogP contribution in [0.2, 0.25) is 0 Å². The van der Waals surface area contributed by atoms with Crippen molar-refractivity contribution in [3.8, 4) is 5.75 Å². The number of hydrogen-bond acceptors (Lipinski definition) is 9. The van der Waals surface area contributed by atoms with Crippen LogP contribution in [0.25, 0.3) is 10.4 Å². The van der Waals surface area contributed by atoms with Crippen molar-refractivity contribution in [3.63, 3.8) is 0 Å². The number of benzene rings is 3. The molecule has 2 heterocycles. The molecule has 0 radical (unpaired) electrons. The predicted octanol–water partition coefficient (Wildman–Crippen LogP) is 4.47. The third-order valence-electron chi connectivity index (χ3n) is 7.96. The summed E-state index contributed by atoms with van der Waals surface area (Å²) in [5.74, 6) is 0.616. The number of aliphatic hydroxyl groups excluding tert-OH is 1. The number of carbonyl (C=O) groups excluding carboxylic acids is 1. The lowest BCUT2D eigenvalue weighted by Crippen LogP contribution is -2.55. The molecule has 0 spiro atoms. The number of nitrogens with zero attached hydrogens (tertiary/aromatic N) is 5. The van der Waals surface area contributed by atoms with E-state index in [0.29, 0.717) is 50.0 Å². The minimum Gasteiger partial charge on any atom is -0.494 e. The molecule has 2 atom stereocenters. The van der Waals surface area contributed by atoms with Crippen molar-refractivity contribution in [2.24, 2.45) is 10.1 Å². The summed E-state index contributed by atoms with van der Waals surface area (Å²) in [6.45, 7) is 4.95. The molecule has 5 rings (SSSR count). The summed E-state index contributed by atoms with van der Waals surface area (Å²) in [5.41, 5.74) is 16.7. The van der Waals surface area contributed by atoms with Crippen LogP contribution in [0.5, 0.6) is 5.75 Å². The van der Waals surface area contributed by atoms with Crippen LogP contribution in [0.3, 0.4) is 0 Å². The Balaban J connectivity index is 1.51. The molecule has 3 aromatic carbocycles. The van der Waals surface area contributed by atoms with Gasteiger partial charge in [-0.05, 0) is 47.0 Å². The maximum absolute atomic E-state index is 14.5. The molecule has 2 aliphatic heterocycles. The number of azide groups is 1. The highest BCUT2D eigenvalue weighted by molar-refractivity contribution is 9.10. The molecule has 0 unspecified atom stereocenters. The summed E-state index contributed by atoms with van der Waals surface area (Å²) in [6.07, 6.45) is -0.0872. The van der Waals surface area contributed by atoms with Crippen LogP contribution >= 0.6 is 15.9 Å². The van der Waals surface area contributed by atoms with E-state index in [1.54, 1.807) is 0 Å². The van der Waals surface area contributed by atoms with E-state index in [0.717, 1.165) is 40.8 Å². The maximum atomic E-state index is 14.5. The Kier molecular flexibility index (Phi) is 12.0. The van der Waals surface area contributed by atoms with Gasteiger partial charge in [0.05, 0.1) is 26.4 Å². The smallest absolute Gasteiger partial charge is 0.266 e. The van der Waals surface area contributed by atoms with Crippen LogP contribution in [0.4, 0.5) is 0 Å².